The minimum atomic E-state index is -1.50. The second kappa shape index (κ2) is 12.7. The standard InChI is InChI=1S/C36H36N4O4/c1-44-29-18-15-26(16-19-29)24-40-34(42)30-23-28(38-33(41)22-25-10-4-2-5-11-25)17-20-31(30)36(40,32-14-8-9-21-37-32)35(43)39-27-12-6-3-7-13-27/h2,4-5,8-11,14-21,23,27H,3,6-7,12-13,22,24H2,1H3,(H,38,41)(H,39,43). The van der Waals surface area contributed by atoms with Crippen LogP contribution in [0.15, 0.2) is 97.2 Å². The van der Waals surface area contributed by atoms with E-state index < -0.39 is 5.54 Å². The summed E-state index contributed by atoms with van der Waals surface area (Å²) in [6.45, 7) is 0.169. The van der Waals surface area contributed by atoms with Crippen molar-refractivity contribution in [1.29, 1.82) is 0 Å². The van der Waals surface area contributed by atoms with Crippen molar-refractivity contribution in [2.75, 3.05) is 12.4 Å². The maximum absolute atomic E-state index is 14.7. The van der Waals surface area contributed by atoms with E-state index in [9.17, 15) is 14.4 Å². The van der Waals surface area contributed by atoms with Crippen molar-refractivity contribution in [1.82, 2.24) is 15.2 Å². The summed E-state index contributed by atoms with van der Waals surface area (Å²) >= 11 is 0. The van der Waals surface area contributed by atoms with Crippen molar-refractivity contribution in [3.63, 3.8) is 0 Å². The van der Waals surface area contributed by atoms with Gasteiger partial charge in [-0.05, 0) is 60.4 Å². The number of aromatic nitrogens is 1. The lowest BCUT2D eigenvalue weighted by atomic mass is 9.83. The predicted octanol–water partition coefficient (Wildman–Crippen LogP) is 5.62. The molecule has 8 nitrogen and oxygen atoms in total. The molecule has 8 heteroatoms. The molecule has 3 aromatic carbocycles. The number of nitrogens with zero attached hydrogens (tertiary/aromatic N) is 2. The average molecular weight is 589 g/mol. The number of amides is 3. The summed E-state index contributed by atoms with van der Waals surface area (Å²) in [5.41, 5.74) is 2.10. The minimum Gasteiger partial charge on any atom is -0.497 e. The largest absolute Gasteiger partial charge is 0.497 e. The number of benzene rings is 3. The summed E-state index contributed by atoms with van der Waals surface area (Å²) in [7, 11) is 1.60. The highest BCUT2D eigenvalue weighted by Crippen LogP contribution is 2.46. The zero-order valence-electron chi connectivity index (χ0n) is 24.8. The van der Waals surface area contributed by atoms with Gasteiger partial charge in [0.15, 0.2) is 5.54 Å². The van der Waals surface area contributed by atoms with Crippen molar-refractivity contribution in [3.8, 4) is 5.75 Å². The van der Waals surface area contributed by atoms with Crippen molar-refractivity contribution in [3.05, 3.63) is 125 Å². The molecule has 1 atom stereocenters. The van der Waals surface area contributed by atoms with Crippen LogP contribution in [0.25, 0.3) is 0 Å². The molecule has 6 rings (SSSR count). The van der Waals surface area contributed by atoms with Crippen LogP contribution in [-0.4, -0.2) is 40.8 Å². The van der Waals surface area contributed by atoms with Gasteiger partial charge in [-0.1, -0.05) is 73.9 Å². The first-order valence-corrected chi connectivity index (χ1v) is 15.1. The van der Waals surface area contributed by atoms with E-state index in [1.165, 1.54) is 0 Å². The van der Waals surface area contributed by atoms with E-state index in [2.05, 4.69) is 15.6 Å². The Hall–Kier alpha value is -4.98. The summed E-state index contributed by atoms with van der Waals surface area (Å²) in [5, 5.41) is 6.25. The lowest BCUT2D eigenvalue weighted by molar-refractivity contribution is -0.131. The van der Waals surface area contributed by atoms with Gasteiger partial charge >= 0.3 is 0 Å². The van der Waals surface area contributed by atoms with Gasteiger partial charge in [0.1, 0.15) is 5.75 Å². The molecule has 224 valence electrons. The average Bonchev–Trinajstić information content (AvgIpc) is 3.30. The Labute approximate surface area is 257 Å². The molecule has 1 aromatic heterocycles. The zero-order valence-corrected chi connectivity index (χ0v) is 24.8. The number of pyridine rings is 1. The number of rotatable bonds is 9. The number of methoxy groups -OCH3 is 1. The summed E-state index contributed by atoms with van der Waals surface area (Å²) in [6.07, 6.45) is 6.92. The molecule has 1 aliphatic heterocycles. The number of ether oxygens (including phenoxy) is 1. The third-order valence-corrected chi connectivity index (χ3v) is 8.59. The van der Waals surface area contributed by atoms with E-state index in [0.717, 1.165) is 43.2 Å². The molecule has 4 aromatic rings. The molecular weight excluding hydrogens is 552 g/mol. The number of carbonyl (C=O) groups is 3. The third kappa shape index (κ3) is 5.67. The van der Waals surface area contributed by atoms with Gasteiger partial charge in [0.2, 0.25) is 5.91 Å². The van der Waals surface area contributed by atoms with Crippen molar-refractivity contribution >= 4 is 23.4 Å². The monoisotopic (exact) mass is 588 g/mol. The topological polar surface area (TPSA) is 101 Å². The SMILES string of the molecule is COc1ccc(CN2C(=O)c3cc(NC(=O)Cc4ccccc4)ccc3C2(C(=O)NC2CCCCC2)c2ccccn2)cc1. The molecule has 2 heterocycles. The highest BCUT2D eigenvalue weighted by molar-refractivity contribution is 6.09. The molecule has 2 aliphatic rings. The van der Waals surface area contributed by atoms with Crippen molar-refractivity contribution in [2.24, 2.45) is 0 Å². The van der Waals surface area contributed by atoms with Crippen LogP contribution in [0.1, 0.15) is 64.8 Å². The number of nitrogens with one attached hydrogen (secondary N) is 2. The molecule has 3 amide bonds. The molecule has 1 unspecified atom stereocenters. The van der Waals surface area contributed by atoms with Crippen LogP contribution in [-0.2, 0) is 28.1 Å². The highest BCUT2D eigenvalue weighted by Gasteiger charge is 2.57. The fourth-order valence-electron chi connectivity index (χ4n) is 6.40. The summed E-state index contributed by atoms with van der Waals surface area (Å²) < 4.78 is 5.34. The normalized spacial score (nSPS) is 18.0. The Morgan fingerprint density at radius 3 is 2.36 bits per heavy atom. The first kappa shape index (κ1) is 29.1. The maximum Gasteiger partial charge on any atom is 0.257 e. The van der Waals surface area contributed by atoms with Gasteiger partial charge in [-0.15, -0.1) is 0 Å². The number of fused-ring (bicyclic) bond motifs is 1. The quantitative estimate of drug-likeness (QED) is 0.264. The zero-order chi connectivity index (χ0) is 30.5. The number of hydrogen-bond donors (Lipinski definition) is 2. The van der Waals surface area contributed by atoms with Gasteiger partial charge in [-0.3, -0.25) is 19.4 Å². The Morgan fingerprint density at radius 2 is 1.66 bits per heavy atom. The Kier molecular flexibility index (Phi) is 8.41. The predicted molar refractivity (Wildman–Crippen MR) is 168 cm³/mol. The number of carbonyl (C=O) groups excluding carboxylic acids is 3. The van der Waals surface area contributed by atoms with Gasteiger partial charge in [0.05, 0.1) is 19.2 Å². The van der Waals surface area contributed by atoms with Gasteiger partial charge in [-0.25, -0.2) is 0 Å². The van der Waals surface area contributed by atoms with Gasteiger partial charge in [0, 0.05) is 35.6 Å². The van der Waals surface area contributed by atoms with Crippen LogP contribution in [0.2, 0.25) is 0 Å². The Bertz CT molecular complexity index is 1640. The summed E-state index contributed by atoms with van der Waals surface area (Å²) in [6, 6.07) is 27.7. The number of anilines is 1. The molecule has 0 radical (unpaired) electrons. The van der Waals surface area contributed by atoms with E-state index in [1.807, 2.05) is 60.7 Å². The first-order valence-electron chi connectivity index (χ1n) is 15.1. The molecule has 44 heavy (non-hydrogen) atoms. The second-order valence-electron chi connectivity index (χ2n) is 11.4. The first-order chi connectivity index (χ1) is 21.5. The molecule has 0 spiro atoms. The van der Waals surface area contributed by atoms with E-state index in [1.54, 1.807) is 48.5 Å². The third-order valence-electron chi connectivity index (χ3n) is 8.59. The smallest absolute Gasteiger partial charge is 0.257 e. The van der Waals surface area contributed by atoms with E-state index in [0.29, 0.717) is 28.3 Å². The molecule has 1 fully saturated rings. The lowest BCUT2D eigenvalue weighted by Gasteiger charge is -2.39. The van der Waals surface area contributed by atoms with Crippen molar-refractivity contribution < 1.29 is 19.1 Å². The molecule has 0 saturated heterocycles. The highest BCUT2D eigenvalue weighted by atomic mass is 16.5. The van der Waals surface area contributed by atoms with Crippen LogP contribution in [0, 0.1) is 0 Å². The Morgan fingerprint density at radius 1 is 0.909 bits per heavy atom. The van der Waals surface area contributed by atoms with Gasteiger partial charge in [0.25, 0.3) is 11.8 Å². The minimum absolute atomic E-state index is 0.0235. The molecule has 0 bridgehead atoms. The second-order valence-corrected chi connectivity index (χ2v) is 11.4. The summed E-state index contributed by atoms with van der Waals surface area (Å²) in [4.78, 5) is 48.3. The van der Waals surface area contributed by atoms with Crippen LogP contribution >= 0.6 is 0 Å². The molecule has 1 aliphatic carbocycles. The molecule has 2 N–H and O–H groups in total. The number of hydrogen-bond acceptors (Lipinski definition) is 5. The van der Waals surface area contributed by atoms with Crippen LogP contribution in [0.4, 0.5) is 5.69 Å². The van der Waals surface area contributed by atoms with E-state index >= 15 is 0 Å². The van der Waals surface area contributed by atoms with E-state index in [-0.39, 0.29) is 36.7 Å². The van der Waals surface area contributed by atoms with Gasteiger partial charge < -0.3 is 20.3 Å². The van der Waals surface area contributed by atoms with Crippen LogP contribution < -0.4 is 15.4 Å². The van der Waals surface area contributed by atoms with Crippen LogP contribution in [0.5, 0.6) is 5.75 Å². The Balaban J connectivity index is 1.42. The fourth-order valence-corrected chi connectivity index (χ4v) is 6.40. The molecule has 1 saturated carbocycles. The lowest BCUT2D eigenvalue weighted by Crippen LogP contribution is -2.57. The summed E-state index contributed by atoms with van der Waals surface area (Å²) in [5.74, 6) is -0.0709. The van der Waals surface area contributed by atoms with Gasteiger partial charge in [-0.2, -0.15) is 0 Å². The van der Waals surface area contributed by atoms with Crippen LogP contribution in [0.3, 0.4) is 0 Å². The molecular formula is C36H36N4O4. The van der Waals surface area contributed by atoms with E-state index in [4.69, 9.17) is 4.74 Å². The maximum atomic E-state index is 14.7. The van der Waals surface area contributed by atoms with Crippen molar-refractivity contribution in [2.45, 2.75) is 56.7 Å². The fraction of sp³-hybridized carbons (Fsp3) is 0.278.